The normalized spacial score (nSPS) is 10.2. The lowest BCUT2D eigenvalue weighted by Crippen LogP contribution is -2.31. The molecule has 0 bridgehead atoms. The van der Waals surface area contributed by atoms with Crippen LogP contribution in [0.15, 0.2) is 48.5 Å². The zero-order chi connectivity index (χ0) is 16.8. The molecule has 0 aliphatic heterocycles. The Morgan fingerprint density at radius 1 is 1.04 bits per heavy atom. The monoisotopic (exact) mass is 311 g/mol. The van der Waals surface area contributed by atoms with Crippen molar-refractivity contribution in [3.05, 3.63) is 65.2 Å². The lowest BCUT2D eigenvalue weighted by Gasteiger charge is -2.19. The quantitative estimate of drug-likeness (QED) is 0.769. The van der Waals surface area contributed by atoms with Crippen molar-refractivity contribution in [2.24, 2.45) is 0 Å². The number of ketones is 1. The minimum Gasteiger partial charge on any atom is -0.483 e. The van der Waals surface area contributed by atoms with Crippen molar-refractivity contribution < 1.29 is 14.3 Å². The van der Waals surface area contributed by atoms with E-state index in [0.29, 0.717) is 17.9 Å². The molecule has 4 nitrogen and oxygen atoms in total. The maximum absolute atomic E-state index is 12.2. The number of rotatable bonds is 6. The first-order chi connectivity index (χ1) is 11.0. The second-order valence-corrected chi connectivity index (χ2v) is 5.52. The van der Waals surface area contributed by atoms with Crippen LogP contribution in [0.4, 0.5) is 0 Å². The van der Waals surface area contributed by atoms with Crippen molar-refractivity contribution in [2.45, 2.75) is 20.4 Å². The molecule has 0 spiro atoms. The highest BCUT2D eigenvalue weighted by Gasteiger charge is 2.13. The van der Waals surface area contributed by atoms with Crippen LogP contribution in [-0.2, 0) is 11.3 Å². The minimum absolute atomic E-state index is 0.0821. The van der Waals surface area contributed by atoms with Crippen molar-refractivity contribution in [2.75, 3.05) is 13.7 Å². The van der Waals surface area contributed by atoms with Gasteiger partial charge < -0.3 is 9.64 Å². The number of carbonyl (C=O) groups is 2. The topological polar surface area (TPSA) is 46.6 Å². The first kappa shape index (κ1) is 16.7. The van der Waals surface area contributed by atoms with Crippen LogP contribution < -0.4 is 4.74 Å². The summed E-state index contributed by atoms with van der Waals surface area (Å²) in [6.45, 7) is 3.94. The average molecular weight is 311 g/mol. The van der Waals surface area contributed by atoms with Gasteiger partial charge in [-0.1, -0.05) is 36.4 Å². The van der Waals surface area contributed by atoms with Gasteiger partial charge >= 0.3 is 0 Å². The Bertz CT molecular complexity index is 709. The highest BCUT2D eigenvalue weighted by molar-refractivity contribution is 5.96. The van der Waals surface area contributed by atoms with Gasteiger partial charge in [-0.05, 0) is 37.1 Å². The van der Waals surface area contributed by atoms with Crippen LogP contribution in [0.5, 0.6) is 5.75 Å². The molecule has 120 valence electrons. The molecule has 23 heavy (non-hydrogen) atoms. The molecule has 0 saturated carbocycles. The summed E-state index contributed by atoms with van der Waals surface area (Å²) in [6.07, 6.45) is 0. The summed E-state index contributed by atoms with van der Waals surface area (Å²) in [6, 6.07) is 14.9. The molecule has 0 aliphatic rings. The minimum atomic E-state index is -0.133. The van der Waals surface area contributed by atoms with E-state index in [4.69, 9.17) is 4.74 Å². The largest absolute Gasteiger partial charge is 0.483 e. The van der Waals surface area contributed by atoms with Crippen LogP contribution in [0.1, 0.15) is 28.4 Å². The van der Waals surface area contributed by atoms with E-state index in [2.05, 4.69) is 0 Å². The van der Waals surface area contributed by atoms with E-state index in [0.717, 1.165) is 11.1 Å². The zero-order valence-electron chi connectivity index (χ0n) is 13.7. The highest BCUT2D eigenvalue weighted by atomic mass is 16.5. The van der Waals surface area contributed by atoms with Gasteiger partial charge in [0, 0.05) is 13.6 Å². The van der Waals surface area contributed by atoms with Gasteiger partial charge in [0.25, 0.3) is 5.91 Å². The average Bonchev–Trinajstić information content (AvgIpc) is 2.54. The number of benzene rings is 2. The summed E-state index contributed by atoms with van der Waals surface area (Å²) in [7, 11) is 1.75. The number of nitrogens with zero attached hydrogens (tertiary/aromatic N) is 1. The third kappa shape index (κ3) is 4.42. The Balaban J connectivity index is 1.97. The van der Waals surface area contributed by atoms with Gasteiger partial charge in [0.05, 0.1) is 5.56 Å². The van der Waals surface area contributed by atoms with Gasteiger partial charge in [-0.3, -0.25) is 9.59 Å². The second-order valence-electron chi connectivity index (χ2n) is 5.52. The molecule has 0 unspecified atom stereocenters. The number of Topliss-reactive ketones (excluding diaryl/α,β-unsaturated/α-hetero) is 1. The fourth-order valence-electron chi connectivity index (χ4n) is 2.26. The van der Waals surface area contributed by atoms with Gasteiger partial charge in [0.1, 0.15) is 5.75 Å². The van der Waals surface area contributed by atoms with Crippen LogP contribution in [0.3, 0.4) is 0 Å². The van der Waals surface area contributed by atoms with Crippen molar-refractivity contribution in [3.63, 3.8) is 0 Å². The first-order valence-electron chi connectivity index (χ1n) is 7.50. The molecule has 1 amide bonds. The summed E-state index contributed by atoms with van der Waals surface area (Å²) in [5.41, 5.74) is 2.74. The van der Waals surface area contributed by atoms with Crippen LogP contribution >= 0.6 is 0 Å². The summed E-state index contributed by atoms with van der Waals surface area (Å²) in [4.78, 5) is 25.4. The van der Waals surface area contributed by atoms with Gasteiger partial charge in [-0.25, -0.2) is 0 Å². The van der Waals surface area contributed by atoms with Crippen molar-refractivity contribution >= 4 is 11.7 Å². The smallest absolute Gasteiger partial charge is 0.260 e. The van der Waals surface area contributed by atoms with Gasteiger partial charge in [-0.2, -0.15) is 0 Å². The third-order valence-electron chi connectivity index (χ3n) is 3.71. The van der Waals surface area contributed by atoms with Gasteiger partial charge in [0.15, 0.2) is 12.4 Å². The predicted octanol–water partition coefficient (Wildman–Crippen LogP) is 3.24. The highest BCUT2D eigenvalue weighted by Crippen LogP contribution is 2.18. The van der Waals surface area contributed by atoms with Crippen molar-refractivity contribution in [1.82, 2.24) is 4.90 Å². The molecule has 2 aromatic rings. The molecule has 2 rings (SSSR count). The molecule has 4 heteroatoms. The zero-order valence-corrected chi connectivity index (χ0v) is 13.7. The van der Waals surface area contributed by atoms with Crippen molar-refractivity contribution in [3.8, 4) is 5.75 Å². The maximum atomic E-state index is 12.2. The lowest BCUT2D eigenvalue weighted by atomic mass is 10.1. The molecule has 0 atom stereocenters. The van der Waals surface area contributed by atoms with E-state index in [-0.39, 0.29) is 18.3 Å². The van der Waals surface area contributed by atoms with Gasteiger partial charge in [-0.15, -0.1) is 0 Å². The van der Waals surface area contributed by atoms with Gasteiger partial charge in [0.2, 0.25) is 0 Å². The number of amides is 1. The van der Waals surface area contributed by atoms with Crippen LogP contribution in [0, 0.1) is 6.92 Å². The van der Waals surface area contributed by atoms with Crippen LogP contribution in [0.2, 0.25) is 0 Å². The third-order valence-corrected chi connectivity index (χ3v) is 3.71. The van der Waals surface area contributed by atoms with E-state index in [1.165, 1.54) is 6.92 Å². The summed E-state index contributed by atoms with van der Waals surface area (Å²) in [5, 5.41) is 0. The first-order valence-corrected chi connectivity index (χ1v) is 7.50. The van der Waals surface area contributed by atoms with E-state index in [1.54, 1.807) is 36.2 Å². The standard InChI is InChI=1S/C19H21NO3/c1-14-8-4-5-9-16(14)12-20(3)19(22)13-23-18-11-7-6-10-17(18)15(2)21/h4-11H,12-13H2,1-3H3. The number of likely N-dealkylation sites (N-methyl/N-ethyl adjacent to an activating group) is 1. The number of aryl methyl sites for hydroxylation is 1. The Kier molecular flexibility index (Phi) is 5.52. The molecule has 0 radical (unpaired) electrons. The molecular formula is C19H21NO3. The van der Waals surface area contributed by atoms with Crippen molar-refractivity contribution in [1.29, 1.82) is 0 Å². The number of hydrogen-bond acceptors (Lipinski definition) is 3. The fourth-order valence-corrected chi connectivity index (χ4v) is 2.26. The molecule has 0 aliphatic carbocycles. The molecule has 0 N–H and O–H groups in total. The van der Waals surface area contributed by atoms with E-state index in [9.17, 15) is 9.59 Å². The second kappa shape index (κ2) is 7.58. The number of hydrogen-bond donors (Lipinski definition) is 0. The molecule has 0 aromatic heterocycles. The SMILES string of the molecule is CC(=O)c1ccccc1OCC(=O)N(C)Cc1ccccc1C. The molecule has 0 fully saturated rings. The molecule has 2 aromatic carbocycles. The Morgan fingerprint density at radius 3 is 2.39 bits per heavy atom. The number of carbonyl (C=O) groups excluding carboxylic acids is 2. The predicted molar refractivity (Wildman–Crippen MR) is 89.6 cm³/mol. The number of ether oxygens (including phenoxy) is 1. The van der Waals surface area contributed by atoms with E-state index in [1.807, 2.05) is 31.2 Å². The summed E-state index contributed by atoms with van der Waals surface area (Å²) in [5.74, 6) is 0.227. The molecule has 0 heterocycles. The summed E-state index contributed by atoms with van der Waals surface area (Å²) >= 11 is 0. The number of para-hydroxylation sites is 1. The molecule has 0 saturated heterocycles. The van der Waals surface area contributed by atoms with E-state index >= 15 is 0 Å². The molecular weight excluding hydrogens is 290 g/mol. The lowest BCUT2D eigenvalue weighted by molar-refractivity contribution is -0.132. The Hall–Kier alpha value is -2.62. The van der Waals surface area contributed by atoms with E-state index < -0.39 is 0 Å². The van der Waals surface area contributed by atoms with Crippen LogP contribution in [-0.4, -0.2) is 30.2 Å². The Morgan fingerprint density at radius 2 is 1.70 bits per heavy atom. The fraction of sp³-hybridized carbons (Fsp3) is 0.263. The maximum Gasteiger partial charge on any atom is 0.260 e. The Labute approximate surface area is 136 Å². The summed E-state index contributed by atoms with van der Waals surface area (Å²) < 4.78 is 5.54. The van der Waals surface area contributed by atoms with Crippen LogP contribution in [0.25, 0.3) is 0 Å².